The van der Waals surface area contributed by atoms with Gasteiger partial charge in [0.1, 0.15) is 10.8 Å². The zero-order chi connectivity index (χ0) is 22.1. The summed E-state index contributed by atoms with van der Waals surface area (Å²) in [6.45, 7) is 0.240. The lowest BCUT2D eigenvalue weighted by Gasteiger charge is -2.08. The number of benzene rings is 2. The minimum absolute atomic E-state index is 0.0812. The summed E-state index contributed by atoms with van der Waals surface area (Å²) < 4.78 is 17.0. The average molecular weight is 451 g/mol. The molecule has 32 heavy (non-hydrogen) atoms. The van der Waals surface area contributed by atoms with Gasteiger partial charge in [-0.05, 0) is 36.4 Å². The summed E-state index contributed by atoms with van der Waals surface area (Å²) in [5.41, 5.74) is 1.52. The molecule has 0 radical (unpaired) electrons. The lowest BCUT2D eigenvalue weighted by molar-refractivity contribution is 0.174. The smallest absolute Gasteiger partial charge is 0.319 e. The van der Waals surface area contributed by atoms with Crippen molar-refractivity contribution in [3.63, 3.8) is 0 Å². The first-order chi connectivity index (χ1) is 15.6. The van der Waals surface area contributed by atoms with Crippen molar-refractivity contribution in [1.82, 2.24) is 19.9 Å². The van der Waals surface area contributed by atoms with Crippen LogP contribution in [0.4, 0.5) is 10.5 Å². The number of nitrogens with zero attached hydrogens (tertiary/aromatic N) is 3. The molecular weight excluding hydrogens is 434 g/mol. The van der Waals surface area contributed by atoms with Gasteiger partial charge < -0.3 is 24.8 Å². The summed E-state index contributed by atoms with van der Waals surface area (Å²) in [5.74, 6) is 1.94. The molecule has 0 fully saturated rings. The number of rotatable bonds is 5. The maximum atomic E-state index is 12.5. The van der Waals surface area contributed by atoms with Crippen molar-refractivity contribution in [2.45, 2.75) is 6.54 Å². The molecule has 11 heteroatoms. The van der Waals surface area contributed by atoms with Gasteiger partial charge in [-0.2, -0.15) is 9.61 Å². The number of hydrogen-bond donors (Lipinski definition) is 2. The van der Waals surface area contributed by atoms with Crippen LogP contribution in [0.5, 0.6) is 17.2 Å². The van der Waals surface area contributed by atoms with Gasteiger partial charge in [-0.1, -0.05) is 11.3 Å². The second-order valence-electron chi connectivity index (χ2n) is 6.79. The molecule has 1 aliphatic rings. The fourth-order valence-corrected chi connectivity index (χ4v) is 4.05. The standard InChI is InChI=1S/C21H17N5O5S/c1-29-15-5-2-12(3-6-15)19-25-26-18(27)9-14(24-21(26)32-19)10-22-20(28)23-13-4-7-16-17(8-13)31-11-30-16/h2-9H,10-11H2,1H3,(H2,22,23,28). The first-order valence-electron chi connectivity index (χ1n) is 9.58. The van der Waals surface area contributed by atoms with Gasteiger partial charge in [0, 0.05) is 23.4 Å². The minimum Gasteiger partial charge on any atom is -0.497 e. The highest BCUT2D eigenvalue weighted by molar-refractivity contribution is 7.19. The summed E-state index contributed by atoms with van der Waals surface area (Å²) >= 11 is 1.29. The molecule has 4 aromatic rings. The van der Waals surface area contributed by atoms with E-state index in [4.69, 9.17) is 14.2 Å². The zero-order valence-corrected chi connectivity index (χ0v) is 17.6. The maximum absolute atomic E-state index is 12.5. The molecular formula is C21H17N5O5S. The highest BCUT2D eigenvalue weighted by atomic mass is 32.1. The molecule has 2 aromatic carbocycles. The first-order valence-corrected chi connectivity index (χ1v) is 10.4. The second-order valence-corrected chi connectivity index (χ2v) is 7.75. The molecule has 0 bridgehead atoms. The summed E-state index contributed by atoms with van der Waals surface area (Å²) in [5, 5.41) is 10.4. The molecule has 5 rings (SSSR count). The van der Waals surface area contributed by atoms with Crippen LogP contribution in [-0.2, 0) is 6.54 Å². The van der Waals surface area contributed by atoms with E-state index < -0.39 is 6.03 Å². The highest BCUT2D eigenvalue weighted by Gasteiger charge is 2.15. The Bertz CT molecular complexity index is 1370. The van der Waals surface area contributed by atoms with E-state index in [1.165, 1.54) is 21.9 Å². The van der Waals surface area contributed by atoms with Gasteiger partial charge in [0.25, 0.3) is 5.56 Å². The topological polar surface area (TPSA) is 116 Å². The van der Waals surface area contributed by atoms with Crippen LogP contribution in [0.15, 0.2) is 53.3 Å². The fourth-order valence-electron chi connectivity index (χ4n) is 3.12. The molecule has 2 aromatic heterocycles. The predicted molar refractivity (Wildman–Crippen MR) is 118 cm³/mol. The Balaban J connectivity index is 1.29. The molecule has 2 N–H and O–H groups in total. The Morgan fingerprint density at radius 3 is 2.78 bits per heavy atom. The third kappa shape index (κ3) is 3.93. The van der Waals surface area contributed by atoms with Gasteiger partial charge in [-0.15, -0.1) is 0 Å². The van der Waals surface area contributed by atoms with E-state index in [0.717, 1.165) is 11.3 Å². The Hall–Kier alpha value is -4.12. The number of amides is 2. The van der Waals surface area contributed by atoms with Crippen LogP contribution in [0.25, 0.3) is 15.5 Å². The molecule has 0 unspecified atom stereocenters. The number of urea groups is 1. The Labute approximate surface area is 185 Å². The fraction of sp³-hybridized carbons (Fsp3) is 0.143. The number of fused-ring (bicyclic) bond motifs is 2. The highest BCUT2D eigenvalue weighted by Crippen LogP contribution is 2.34. The quantitative estimate of drug-likeness (QED) is 0.479. The average Bonchev–Trinajstić information content (AvgIpc) is 3.45. The lowest BCUT2D eigenvalue weighted by atomic mass is 10.2. The summed E-state index contributed by atoms with van der Waals surface area (Å²) in [7, 11) is 1.60. The Morgan fingerprint density at radius 2 is 1.97 bits per heavy atom. The molecule has 0 atom stereocenters. The zero-order valence-electron chi connectivity index (χ0n) is 16.8. The van der Waals surface area contributed by atoms with Crippen molar-refractivity contribution < 1.29 is 19.0 Å². The van der Waals surface area contributed by atoms with Crippen molar-refractivity contribution in [2.24, 2.45) is 0 Å². The number of aromatic nitrogens is 3. The maximum Gasteiger partial charge on any atom is 0.319 e. The SMILES string of the molecule is COc1ccc(-c2nn3c(=O)cc(CNC(=O)Nc4ccc5c(c4)OCO5)nc3s2)cc1. The second kappa shape index (κ2) is 8.19. The molecule has 1 aliphatic heterocycles. The van der Waals surface area contributed by atoms with Crippen molar-refractivity contribution in [2.75, 3.05) is 19.2 Å². The van der Waals surface area contributed by atoms with E-state index in [2.05, 4.69) is 20.7 Å². The summed E-state index contributed by atoms with van der Waals surface area (Å²) in [4.78, 5) is 29.6. The van der Waals surface area contributed by atoms with Gasteiger partial charge in [-0.3, -0.25) is 4.79 Å². The monoisotopic (exact) mass is 451 g/mol. The van der Waals surface area contributed by atoms with Crippen molar-refractivity contribution in [1.29, 1.82) is 0 Å². The van der Waals surface area contributed by atoms with E-state index in [1.54, 1.807) is 25.3 Å². The third-order valence-corrected chi connectivity index (χ3v) is 5.65. The number of carbonyl (C=O) groups is 1. The van der Waals surface area contributed by atoms with Gasteiger partial charge in [0.2, 0.25) is 11.8 Å². The van der Waals surface area contributed by atoms with Crippen LogP contribution in [0, 0.1) is 0 Å². The van der Waals surface area contributed by atoms with Crippen LogP contribution in [0.3, 0.4) is 0 Å². The normalized spacial score (nSPS) is 12.0. The molecule has 10 nitrogen and oxygen atoms in total. The van der Waals surface area contributed by atoms with E-state index in [-0.39, 0.29) is 18.9 Å². The molecule has 3 heterocycles. The van der Waals surface area contributed by atoms with Crippen molar-refractivity contribution >= 4 is 28.0 Å². The minimum atomic E-state index is -0.436. The number of anilines is 1. The predicted octanol–water partition coefficient (Wildman–Crippen LogP) is 2.88. The third-order valence-electron chi connectivity index (χ3n) is 4.70. The number of methoxy groups -OCH3 is 1. The summed E-state index contributed by atoms with van der Waals surface area (Å²) in [6, 6.07) is 13.4. The van der Waals surface area contributed by atoms with Gasteiger partial charge in [0.05, 0.1) is 19.3 Å². The Morgan fingerprint density at radius 1 is 1.16 bits per heavy atom. The van der Waals surface area contributed by atoms with Crippen LogP contribution in [-0.4, -0.2) is 34.5 Å². The number of hydrogen-bond acceptors (Lipinski definition) is 8. The molecule has 0 aliphatic carbocycles. The van der Waals surface area contributed by atoms with Crippen molar-refractivity contribution in [3.8, 4) is 27.8 Å². The molecule has 162 valence electrons. The molecule has 2 amide bonds. The lowest BCUT2D eigenvalue weighted by Crippen LogP contribution is -2.29. The largest absolute Gasteiger partial charge is 0.497 e. The van der Waals surface area contributed by atoms with E-state index in [1.807, 2.05) is 24.3 Å². The number of ether oxygens (including phenoxy) is 3. The van der Waals surface area contributed by atoms with Crippen LogP contribution in [0.2, 0.25) is 0 Å². The molecule has 0 spiro atoms. The summed E-state index contributed by atoms with van der Waals surface area (Å²) in [6.07, 6.45) is 0. The number of carbonyl (C=O) groups excluding carboxylic acids is 1. The molecule has 0 saturated heterocycles. The number of nitrogens with one attached hydrogen (secondary N) is 2. The van der Waals surface area contributed by atoms with Gasteiger partial charge >= 0.3 is 6.03 Å². The van der Waals surface area contributed by atoms with E-state index in [0.29, 0.717) is 32.8 Å². The Kier molecular flexibility index (Phi) is 5.07. The van der Waals surface area contributed by atoms with Crippen LogP contribution >= 0.6 is 11.3 Å². The van der Waals surface area contributed by atoms with Gasteiger partial charge in [-0.25, -0.2) is 9.78 Å². The first kappa shape index (κ1) is 19.8. The van der Waals surface area contributed by atoms with Crippen molar-refractivity contribution in [3.05, 3.63) is 64.6 Å². The van der Waals surface area contributed by atoms with E-state index in [9.17, 15) is 9.59 Å². The van der Waals surface area contributed by atoms with Crippen LogP contribution in [0.1, 0.15) is 5.69 Å². The molecule has 0 saturated carbocycles. The van der Waals surface area contributed by atoms with E-state index >= 15 is 0 Å². The van der Waals surface area contributed by atoms with Gasteiger partial charge in [0.15, 0.2) is 11.5 Å². The van der Waals surface area contributed by atoms with Crippen LogP contribution < -0.4 is 30.4 Å².